The van der Waals surface area contributed by atoms with Crippen molar-refractivity contribution in [1.82, 2.24) is 4.90 Å². The normalized spacial score (nSPS) is 11.2. The average molecular weight is 375 g/mol. The van der Waals surface area contributed by atoms with E-state index in [4.69, 9.17) is 0 Å². The zero-order valence-electron chi connectivity index (χ0n) is 15.7. The van der Waals surface area contributed by atoms with Gasteiger partial charge in [0.25, 0.3) is 15.9 Å². The maximum Gasteiger partial charge on any atom is 0.261 e. The molecule has 0 saturated heterocycles. The number of aryl methyl sites for hydroxylation is 2. The van der Waals surface area contributed by atoms with E-state index in [0.717, 1.165) is 24.0 Å². The van der Waals surface area contributed by atoms with Crippen LogP contribution in [-0.2, 0) is 10.0 Å². The molecule has 0 radical (unpaired) electrons. The van der Waals surface area contributed by atoms with Crippen molar-refractivity contribution < 1.29 is 13.2 Å². The van der Waals surface area contributed by atoms with Crippen LogP contribution in [0.1, 0.15) is 41.3 Å². The number of nitrogens with zero attached hydrogens (tertiary/aromatic N) is 1. The fourth-order valence-electron chi connectivity index (χ4n) is 2.51. The van der Waals surface area contributed by atoms with E-state index in [1.54, 1.807) is 36.2 Å². The zero-order valence-corrected chi connectivity index (χ0v) is 16.6. The van der Waals surface area contributed by atoms with Crippen molar-refractivity contribution in [2.24, 2.45) is 0 Å². The highest BCUT2D eigenvalue weighted by atomic mass is 32.2. The summed E-state index contributed by atoms with van der Waals surface area (Å²) in [5, 5.41) is 0. The summed E-state index contributed by atoms with van der Waals surface area (Å²) in [6, 6.07) is 11.4. The fraction of sp³-hybridized carbons (Fsp3) is 0.350. The minimum atomic E-state index is -3.69. The lowest BCUT2D eigenvalue weighted by atomic mass is 10.1. The van der Waals surface area contributed by atoms with Crippen molar-refractivity contribution in [3.63, 3.8) is 0 Å². The van der Waals surface area contributed by atoms with Crippen LogP contribution in [0, 0.1) is 13.8 Å². The molecule has 0 aromatic heterocycles. The highest BCUT2D eigenvalue weighted by molar-refractivity contribution is 7.92. The van der Waals surface area contributed by atoms with Gasteiger partial charge in [0.2, 0.25) is 0 Å². The molecule has 1 N–H and O–H groups in total. The third-order valence-electron chi connectivity index (χ3n) is 4.36. The first-order valence-corrected chi connectivity index (χ1v) is 10.2. The Labute approximate surface area is 156 Å². The Kier molecular flexibility index (Phi) is 6.42. The Morgan fingerprint density at radius 3 is 2.27 bits per heavy atom. The molecule has 2 aromatic rings. The molecule has 0 unspecified atom stereocenters. The standard InChI is InChI=1S/C20H26N2O3S/c1-5-6-13-22(4)20(23)17-8-11-19(12-9-17)26(24,25)21-18-10-7-15(2)16(3)14-18/h7-12,14,21H,5-6,13H2,1-4H3. The number of hydrogen-bond donors (Lipinski definition) is 1. The molecule has 0 heterocycles. The Bertz CT molecular complexity index is 874. The second-order valence-corrected chi connectivity index (χ2v) is 8.19. The molecule has 0 atom stereocenters. The van der Waals surface area contributed by atoms with Gasteiger partial charge in [-0.25, -0.2) is 8.42 Å². The van der Waals surface area contributed by atoms with Crippen molar-refractivity contribution in [2.75, 3.05) is 18.3 Å². The van der Waals surface area contributed by atoms with Crippen LogP contribution in [0.3, 0.4) is 0 Å². The molecule has 6 heteroatoms. The summed E-state index contributed by atoms with van der Waals surface area (Å²) >= 11 is 0. The summed E-state index contributed by atoms with van der Waals surface area (Å²) in [6.07, 6.45) is 1.95. The van der Waals surface area contributed by atoms with E-state index < -0.39 is 10.0 Å². The van der Waals surface area contributed by atoms with Gasteiger partial charge in [-0.15, -0.1) is 0 Å². The lowest BCUT2D eigenvalue weighted by Crippen LogP contribution is -2.27. The number of sulfonamides is 1. The molecule has 140 valence electrons. The molecule has 0 bridgehead atoms. The summed E-state index contributed by atoms with van der Waals surface area (Å²) in [5.41, 5.74) is 3.12. The molecule has 0 aliphatic rings. The minimum absolute atomic E-state index is 0.107. The highest BCUT2D eigenvalue weighted by Gasteiger charge is 2.17. The lowest BCUT2D eigenvalue weighted by Gasteiger charge is -2.17. The first-order chi connectivity index (χ1) is 12.2. The van der Waals surface area contributed by atoms with Crippen LogP contribution in [0.25, 0.3) is 0 Å². The molecule has 0 spiro atoms. The number of anilines is 1. The monoisotopic (exact) mass is 374 g/mol. The second kappa shape index (κ2) is 8.36. The predicted octanol–water partition coefficient (Wildman–Crippen LogP) is 3.98. The Morgan fingerprint density at radius 2 is 1.69 bits per heavy atom. The zero-order chi connectivity index (χ0) is 19.3. The maximum atomic E-state index is 12.5. The molecule has 0 saturated carbocycles. The number of hydrogen-bond acceptors (Lipinski definition) is 3. The molecule has 26 heavy (non-hydrogen) atoms. The number of nitrogens with one attached hydrogen (secondary N) is 1. The number of rotatable bonds is 7. The molecule has 1 amide bonds. The van der Waals surface area contributed by atoms with Gasteiger partial charge < -0.3 is 4.90 Å². The van der Waals surface area contributed by atoms with Gasteiger partial charge in [0, 0.05) is 24.8 Å². The number of carbonyl (C=O) groups excluding carboxylic acids is 1. The summed E-state index contributed by atoms with van der Waals surface area (Å²) in [6.45, 7) is 6.66. The Balaban J connectivity index is 2.15. The molecule has 2 rings (SSSR count). The first kappa shape index (κ1) is 20.0. The fourth-order valence-corrected chi connectivity index (χ4v) is 3.56. The van der Waals surface area contributed by atoms with Crippen molar-refractivity contribution in [1.29, 1.82) is 0 Å². The van der Waals surface area contributed by atoms with Crippen LogP contribution in [0.2, 0.25) is 0 Å². The van der Waals surface area contributed by atoms with Crippen molar-refractivity contribution in [3.8, 4) is 0 Å². The maximum absolute atomic E-state index is 12.5. The van der Waals surface area contributed by atoms with Gasteiger partial charge in [-0.3, -0.25) is 9.52 Å². The van der Waals surface area contributed by atoms with Gasteiger partial charge in [0.1, 0.15) is 0 Å². The molecule has 0 aliphatic heterocycles. The van der Waals surface area contributed by atoms with Gasteiger partial charge in [-0.1, -0.05) is 19.4 Å². The summed E-state index contributed by atoms with van der Waals surface area (Å²) in [4.78, 5) is 14.1. The van der Waals surface area contributed by atoms with E-state index in [0.29, 0.717) is 17.8 Å². The van der Waals surface area contributed by atoms with Crippen LogP contribution >= 0.6 is 0 Å². The van der Waals surface area contributed by atoms with E-state index in [1.807, 2.05) is 19.9 Å². The number of benzene rings is 2. The molecular formula is C20H26N2O3S. The molecule has 0 fully saturated rings. The van der Waals surface area contributed by atoms with Crippen LogP contribution in [-0.4, -0.2) is 32.8 Å². The highest BCUT2D eigenvalue weighted by Crippen LogP contribution is 2.19. The van der Waals surface area contributed by atoms with Crippen molar-refractivity contribution >= 4 is 21.6 Å². The molecular weight excluding hydrogens is 348 g/mol. The van der Waals surface area contributed by atoms with Crippen molar-refractivity contribution in [2.45, 2.75) is 38.5 Å². The average Bonchev–Trinajstić information content (AvgIpc) is 2.62. The first-order valence-electron chi connectivity index (χ1n) is 8.70. The van der Waals surface area contributed by atoms with Crippen LogP contribution in [0.15, 0.2) is 47.4 Å². The minimum Gasteiger partial charge on any atom is -0.342 e. The van der Waals surface area contributed by atoms with E-state index >= 15 is 0 Å². The Morgan fingerprint density at radius 1 is 1.04 bits per heavy atom. The predicted molar refractivity (Wildman–Crippen MR) is 105 cm³/mol. The quantitative estimate of drug-likeness (QED) is 0.797. The Hall–Kier alpha value is -2.34. The number of unbranched alkanes of at least 4 members (excludes halogenated alkanes) is 1. The van der Waals surface area contributed by atoms with E-state index in [1.165, 1.54) is 12.1 Å². The third-order valence-corrected chi connectivity index (χ3v) is 5.76. The van der Waals surface area contributed by atoms with Gasteiger partial charge in [-0.2, -0.15) is 0 Å². The SMILES string of the molecule is CCCCN(C)C(=O)c1ccc(S(=O)(=O)Nc2ccc(C)c(C)c2)cc1. The van der Waals surface area contributed by atoms with Crippen LogP contribution in [0.4, 0.5) is 5.69 Å². The van der Waals surface area contributed by atoms with Crippen molar-refractivity contribution in [3.05, 3.63) is 59.2 Å². The molecule has 5 nitrogen and oxygen atoms in total. The summed E-state index contributed by atoms with van der Waals surface area (Å²) in [5.74, 6) is -0.107. The largest absolute Gasteiger partial charge is 0.342 e. The van der Waals surface area contributed by atoms with E-state index in [2.05, 4.69) is 11.6 Å². The van der Waals surface area contributed by atoms with Gasteiger partial charge in [-0.05, 0) is 67.8 Å². The third kappa shape index (κ3) is 4.85. The van der Waals surface area contributed by atoms with Crippen LogP contribution in [0.5, 0.6) is 0 Å². The summed E-state index contributed by atoms with van der Waals surface area (Å²) < 4.78 is 27.7. The van der Waals surface area contributed by atoms with E-state index in [9.17, 15) is 13.2 Å². The number of amides is 1. The number of carbonyl (C=O) groups is 1. The topological polar surface area (TPSA) is 66.5 Å². The van der Waals surface area contributed by atoms with Crippen LogP contribution < -0.4 is 4.72 Å². The molecule has 0 aliphatic carbocycles. The summed E-state index contributed by atoms with van der Waals surface area (Å²) in [7, 11) is -1.94. The van der Waals surface area contributed by atoms with E-state index in [-0.39, 0.29) is 10.8 Å². The van der Waals surface area contributed by atoms with Gasteiger partial charge >= 0.3 is 0 Å². The lowest BCUT2D eigenvalue weighted by molar-refractivity contribution is 0.0793. The van der Waals surface area contributed by atoms with Gasteiger partial charge in [0.15, 0.2) is 0 Å². The second-order valence-electron chi connectivity index (χ2n) is 6.51. The molecule has 2 aromatic carbocycles. The van der Waals surface area contributed by atoms with Gasteiger partial charge in [0.05, 0.1) is 4.90 Å². The smallest absolute Gasteiger partial charge is 0.261 e.